The molecule has 98 valence electrons. The predicted molar refractivity (Wildman–Crippen MR) is 77.5 cm³/mol. The van der Waals surface area contributed by atoms with Gasteiger partial charge in [-0.3, -0.25) is 4.79 Å². The molecule has 1 amide bonds. The summed E-state index contributed by atoms with van der Waals surface area (Å²) in [4.78, 5) is 15.5. The molecule has 0 aliphatic heterocycles. The van der Waals surface area contributed by atoms with E-state index in [0.29, 0.717) is 5.56 Å². The van der Waals surface area contributed by atoms with Crippen molar-refractivity contribution in [2.75, 3.05) is 0 Å². The van der Waals surface area contributed by atoms with Gasteiger partial charge in [0.05, 0.1) is 6.33 Å². The van der Waals surface area contributed by atoms with Gasteiger partial charge in [0.15, 0.2) is 0 Å². The van der Waals surface area contributed by atoms with Crippen LogP contribution < -0.4 is 5.73 Å². The summed E-state index contributed by atoms with van der Waals surface area (Å²) in [6.45, 7) is 0. The molecule has 3 rings (SSSR count). The van der Waals surface area contributed by atoms with Gasteiger partial charge in [-0.25, -0.2) is 4.98 Å². The van der Waals surface area contributed by atoms with E-state index in [1.54, 1.807) is 18.6 Å². The molecule has 4 heteroatoms. The summed E-state index contributed by atoms with van der Waals surface area (Å²) in [6.07, 6.45) is 5.36. The van der Waals surface area contributed by atoms with Crippen LogP contribution >= 0.6 is 0 Å². The number of imidazole rings is 1. The summed E-state index contributed by atoms with van der Waals surface area (Å²) in [5.74, 6) is -0.417. The summed E-state index contributed by atoms with van der Waals surface area (Å²) in [5, 5.41) is 0. The van der Waals surface area contributed by atoms with Gasteiger partial charge in [0.2, 0.25) is 5.91 Å². The molecule has 3 aromatic rings. The number of hydrogen-bond acceptors (Lipinski definition) is 2. The molecule has 0 atom stereocenters. The molecule has 1 aromatic heterocycles. The number of primary amides is 1. The van der Waals surface area contributed by atoms with E-state index in [9.17, 15) is 4.79 Å². The molecule has 0 bridgehead atoms. The van der Waals surface area contributed by atoms with Crippen LogP contribution in [0.1, 0.15) is 10.4 Å². The molecule has 0 saturated heterocycles. The van der Waals surface area contributed by atoms with Crippen molar-refractivity contribution in [1.29, 1.82) is 0 Å². The van der Waals surface area contributed by atoms with Crippen molar-refractivity contribution in [2.45, 2.75) is 0 Å². The van der Waals surface area contributed by atoms with Crippen molar-refractivity contribution < 1.29 is 4.79 Å². The van der Waals surface area contributed by atoms with Gasteiger partial charge in [0.25, 0.3) is 0 Å². The number of nitrogens with zero attached hydrogens (tertiary/aromatic N) is 2. The van der Waals surface area contributed by atoms with Crippen LogP contribution in [0.4, 0.5) is 0 Å². The lowest BCUT2D eigenvalue weighted by atomic mass is 9.99. The minimum absolute atomic E-state index is 0.417. The molecule has 2 aromatic carbocycles. The van der Waals surface area contributed by atoms with Crippen molar-refractivity contribution in [3.8, 4) is 16.8 Å². The Bertz CT molecular complexity index is 731. The number of rotatable bonds is 3. The first-order valence-electron chi connectivity index (χ1n) is 6.23. The highest BCUT2D eigenvalue weighted by atomic mass is 16.1. The highest BCUT2D eigenvalue weighted by molar-refractivity contribution is 5.99. The third kappa shape index (κ3) is 2.19. The minimum atomic E-state index is -0.417. The van der Waals surface area contributed by atoms with E-state index in [1.165, 1.54) is 0 Å². The van der Waals surface area contributed by atoms with Crippen molar-refractivity contribution in [3.63, 3.8) is 0 Å². The van der Waals surface area contributed by atoms with Crippen LogP contribution in [-0.4, -0.2) is 15.5 Å². The lowest BCUT2D eigenvalue weighted by Crippen LogP contribution is -2.12. The second kappa shape index (κ2) is 5.01. The molecule has 20 heavy (non-hydrogen) atoms. The molecule has 0 radical (unpaired) electrons. The van der Waals surface area contributed by atoms with Crippen LogP contribution in [0.25, 0.3) is 16.8 Å². The second-order valence-electron chi connectivity index (χ2n) is 4.43. The Hall–Kier alpha value is -2.88. The third-order valence-electron chi connectivity index (χ3n) is 3.17. The van der Waals surface area contributed by atoms with Crippen LogP contribution in [-0.2, 0) is 0 Å². The quantitative estimate of drug-likeness (QED) is 0.789. The van der Waals surface area contributed by atoms with Gasteiger partial charge < -0.3 is 10.3 Å². The average Bonchev–Trinajstić information content (AvgIpc) is 3.02. The standard InChI is InChI=1S/C16H13N3O/c17-16(20)15-4-2-1-3-14(15)12-5-7-13(8-6-12)19-10-9-18-11-19/h1-11H,(H2,17,20). The Morgan fingerprint density at radius 1 is 1.05 bits per heavy atom. The Balaban J connectivity index is 2.02. The molecule has 0 fully saturated rings. The van der Waals surface area contributed by atoms with Gasteiger partial charge in [-0.1, -0.05) is 30.3 Å². The number of benzene rings is 2. The molecule has 1 heterocycles. The maximum Gasteiger partial charge on any atom is 0.249 e. The first-order chi connectivity index (χ1) is 9.75. The third-order valence-corrected chi connectivity index (χ3v) is 3.17. The van der Waals surface area contributed by atoms with Crippen LogP contribution in [0.5, 0.6) is 0 Å². The molecule has 2 N–H and O–H groups in total. The summed E-state index contributed by atoms with van der Waals surface area (Å²) in [6, 6.07) is 15.2. The number of hydrogen-bond donors (Lipinski definition) is 1. The molecular weight excluding hydrogens is 250 g/mol. The molecule has 0 unspecified atom stereocenters. The van der Waals surface area contributed by atoms with Crippen LogP contribution in [0.15, 0.2) is 67.3 Å². The van der Waals surface area contributed by atoms with E-state index in [0.717, 1.165) is 16.8 Å². The maximum atomic E-state index is 11.5. The fraction of sp³-hybridized carbons (Fsp3) is 0. The normalized spacial score (nSPS) is 10.4. The maximum absolute atomic E-state index is 11.5. The largest absolute Gasteiger partial charge is 0.366 e. The SMILES string of the molecule is NC(=O)c1ccccc1-c1ccc(-n2ccnc2)cc1. The van der Waals surface area contributed by atoms with Gasteiger partial charge in [-0.05, 0) is 29.3 Å². The Labute approximate surface area is 116 Å². The second-order valence-corrected chi connectivity index (χ2v) is 4.43. The zero-order chi connectivity index (χ0) is 13.9. The van der Waals surface area contributed by atoms with Crippen LogP contribution in [0.2, 0.25) is 0 Å². The van der Waals surface area contributed by atoms with Gasteiger partial charge in [0, 0.05) is 23.6 Å². The number of amides is 1. The van der Waals surface area contributed by atoms with Gasteiger partial charge >= 0.3 is 0 Å². The van der Waals surface area contributed by atoms with E-state index in [4.69, 9.17) is 5.73 Å². The van der Waals surface area contributed by atoms with Crippen LogP contribution in [0.3, 0.4) is 0 Å². The van der Waals surface area contributed by atoms with Gasteiger partial charge in [-0.15, -0.1) is 0 Å². The summed E-state index contributed by atoms with van der Waals surface area (Å²) in [5.41, 5.74) is 8.76. The van der Waals surface area contributed by atoms with Crippen LogP contribution in [0, 0.1) is 0 Å². The highest BCUT2D eigenvalue weighted by Crippen LogP contribution is 2.24. The van der Waals surface area contributed by atoms with E-state index < -0.39 is 5.91 Å². The molecule has 0 aliphatic carbocycles. The number of carbonyl (C=O) groups is 1. The van der Waals surface area contributed by atoms with E-state index in [2.05, 4.69) is 4.98 Å². The van der Waals surface area contributed by atoms with Gasteiger partial charge in [0.1, 0.15) is 0 Å². The summed E-state index contributed by atoms with van der Waals surface area (Å²) < 4.78 is 1.92. The van der Waals surface area contributed by atoms with Gasteiger partial charge in [-0.2, -0.15) is 0 Å². The predicted octanol–water partition coefficient (Wildman–Crippen LogP) is 2.64. The number of nitrogens with two attached hydrogens (primary N) is 1. The molecule has 0 saturated carbocycles. The smallest absolute Gasteiger partial charge is 0.249 e. The molecule has 0 spiro atoms. The van der Waals surface area contributed by atoms with Crippen molar-refractivity contribution in [1.82, 2.24) is 9.55 Å². The Morgan fingerprint density at radius 2 is 1.80 bits per heavy atom. The summed E-state index contributed by atoms with van der Waals surface area (Å²) >= 11 is 0. The monoisotopic (exact) mass is 263 g/mol. The first kappa shape index (κ1) is 12.2. The first-order valence-corrected chi connectivity index (χ1v) is 6.23. The topological polar surface area (TPSA) is 60.9 Å². The zero-order valence-corrected chi connectivity index (χ0v) is 10.7. The van der Waals surface area contributed by atoms with E-state index in [1.807, 2.05) is 53.2 Å². The molecular formula is C16H13N3O. The van der Waals surface area contributed by atoms with Crippen molar-refractivity contribution >= 4 is 5.91 Å². The number of carbonyl (C=O) groups excluding carboxylic acids is 1. The van der Waals surface area contributed by atoms with Crippen molar-refractivity contribution in [2.24, 2.45) is 5.73 Å². The number of aromatic nitrogens is 2. The minimum Gasteiger partial charge on any atom is -0.366 e. The average molecular weight is 263 g/mol. The molecule has 4 nitrogen and oxygen atoms in total. The lowest BCUT2D eigenvalue weighted by molar-refractivity contribution is 0.100. The van der Waals surface area contributed by atoms with Crippen molar-refractivity contribution in [3.05, 3.63) is 72.8 Å². The zero-order valence-electron chi connectivity index (χ0n) is 10.7. The fourth-order valence-electron chi connectivity index (χ4n) is 2.17. The summed E-state index contributed by atoms with van der Waals surface area (Å²) in [7, 11) is 0. The lowest BCUT2D eigenvalue weighted by Gasteiger charge is -2.08. The van der Waals surface area contributed by atoms with E-state index in [-0.39, 0.29) is 0 Å². The Morgan fingerprint density at radius 3 is 2.45 bits per heavy atom. The Kier molecular flexibility index (Phi) is 3.05. The van der Waals surface area contributed by atoms with E-state index >= 15 is 0 Å². The fourth-order valence-corrected chi connectivity index (χ4v) is 2.17. The highest BCUT2D eigenvalue weighted by Gasteiger charge is 2.08. The molecule has 0 aliphatic rings.